The van der Waals surface area contributed by atoms with E-state index in [9.17, 15) is 0 Å². The minimum atomic E-state index is 0.943. The lowest BCUT2D eigenvalue weighted by atomic mass is 10.0. The highest BCUT2D eigenvalue weighted by atomic mass is 79.9. The molecule has 0 spiro atoms. The summed E-state index contributed by atoms with van der Waals surface area (Å²) in [6, 6.07) is 0. The Hall–Kier alpha value is 0.480. The molecule has 1 unspecified atom stereocenters. The van der Waals surface area contributed by atoms with E-state index in [1.165, 1.54) is 43.9 Å². The topological polar surface area (TPSA) is 0 Å². The first kappa shape index (κ1) is 11.5. The Morgan fingerprint density at radius 1 is 1.09 bits per heavy atom. The first-order valence-electron chi connectivity index (χ1n) is 4.87. The van der Waals surface area contributed by atoms with Gasteiger partial charge in [-0.2, -0.15) is 0 Å². The zero-order valence-electron chi connectivity index (χ0n) is 7.91. The Morgan fingerprint density at radius 3 is 2.27 bits per heavy atom. The van der Waals surface area contributed by atoms with E-state index in [1.807, 2.05) is 0 Å². The number of halogens is 1. The minimum Gasteiger partial charge on any atom is -0.0928 e. The predicted octanol–water partition coefficient (Wildman–Crippen LogP) is 4.38. The highest BCUT2D eigenvalue weighted by Crippen LogP contribution is 2.13. The quantitative estimate of drug-likeness (QED) is 0.442. The summed E-state index contributed by atoms with van der Waals surface area (Å²) < 4.78 is 0. The molecule has 0 aromatic carbocycles. The van der Waals surface area contributed by atoms with E-state index in [0.29, 0.717) is 0 Å². The molecule has 0 saturated carbocycles. The van der Waals surface area contributed by atoms with Crippen LogP contribution in [0.5, 0.6) is 0 Å². The third-order valence-corrected chi connectivity index (χ3v) is 2.84. The van der Waals surface area contributed by atoms with E-state index in [4.69, 9.17) is 0 Å². The molecule has 0 rings (SSSR count). The fourth-order valence-corrected chi connectivity index (χ4v) is 1.54. The van der Waals surface area contributed by atoms with Crippen LogP contribution in [0.25, 0.3) is 0 Å². The first-order valence-corrected chi connectivity index (χ1v) is 5.99. The van der Waals surface area contributed by atoms with Crippen LogP contribution in [0, 0.1) is 5.92 Å². The number of alkyl halides is 1. The Kier molecular flexibility index (Phi) is 8.95. The van der Waals surface area contributed by atoms with Gasteiger partial charge in [0.1, 0.15) is 0 Å². The lowest BCUT2D eigenvalue weighted by Crippen LogP contribution is -1.91. The van der Waals surface area contributed by atoms with Crippen LogP contribution in [0.3, 0.4) is 0 Å². The van der Waals surface area contributed by atoms with Crippen molar-refractivity contribution in [1.29, 1.82) is 0 Å². The molecule has 0 heterocycles. The van der Waals surface area contributed by atoms with E-state index in [1.54, 1.807) is 0 Å². The van der Waals surface area contributed by atoms with Gasteiger partial charge in [-0.25, -0.2) is 0 Å². The zero-order valence-corrected chi connectivity index (χ0v) is 9.49. The van der Waals surface area contributed by atoms with Gasteiger partial charge in [-0.15, -0.1) is 0 Å². The lowest BCUT2D eigenvalue weighted by molar-refractivity contribution is 0.477. The molecule has 0 bridgehead atoms. The molecule has 0 aliphatic carbocycles. The predicted molar refractivity (Wildman–Crippen MR) is 56.3 cm³/mol. The second-order valence-corrected chi connectivity index (χ2v) is 4.20. The average molecular weight is 221 g/mol. The van der Waals surface area contributed by atoms with Crippen LogP contribution in [0.1, 0.15) is 52.4 Å². The van der Waals surface area contributed by atoms with E-state index >= 15 is 0 Å². The van der Waals surface area contributed by atoms with Gasteiger partial charge in [-0.3, -0.25) is 0 Å². The van der Waals surface area contributed by atoms with Gasteiger partial charge in [0.25, 0.3) is 0 Å². The van der Waals surface area contributed by atoms with Crippen molar-refractivity contribution in [2.24, 2.45) is 5.92 Å². The maximum Gasteiger partial charge on any atom is 0.00313 e. The van der Waals surface area contributed by atoms with Gasteiger partial charge >= 0.3 is 0 Å². The molecular formula is C10H21Br. The second kappa shape index (κ2) is 8.58. The summed E-state index contributed by atoms with van der Waals surface area (Å²) >= 11 is 3.44. The summed E-state index contributed by atoms with van der Waals surface area (Å²) in [4.78, 5) is 0. The molecule has 0 nitrogen and oxygen atoms in total. The molecule has 0 fully saturated rings. The summed E-state index contributed by atoms with van der Waals surface area (Å²) in [5, 5.41) is 1.18. The van der Waals surface area contributed by atoms with Crippen molar-refractivity contribution in [2.45, 2.75) is 52.4 Å². The average Bonchev–Trinajstić information content (AvgIpc) is 2.04. The molecule has 68 valence electrons. The van der Waals surface area contributed by atoms with Gasteiger partial charge in [0.2, 0.25) is 0 Å². The maximum absolute atomic E-state index is 3.44. The number of hydrogen-bond donors (Lipinski definition) is 0. The Bertz CT molecular complexity index is 71.3. The Morgan fingerprint density at radius 2 is 1.73 bits per heavy atom. The third-order valence-electron chi connectivity index (χ3n) is 2.28. The van der Waals surface area contributed by atoms with Crippen LogP contribution < -0.4 is 0 Å². The minimum absolute atomic E-state index is 0.943. The van der Waals surface area contributed by atoms with Crippen LogP contribution in [0.2, 0.25) is 0 Å². The van der Waals surface area contributed by atoms with Crippen molar-refractivity contribution >= 4 is 15.9 Å². The monoisotopic (exact) mass is 220 g/mol. The molecule has 0 saturated heterocycles. The standard InChI is InChI=1S/C10H21Br/c1-3-10(2)8-6-4-5-7-9-11/h10H,3-9H2,1-2H3. The normalized spacial score (nSPS) is 13.4. The van der Waals surface area contributed by atoms with Crippen molar-refractivity contribution < 1.29 is 0 Å². The SMILES string of the molecule is CCC(C)CCCCCCBr. The van der Waals surface area contributed by atoms with Crippen molar-refractivity contribution in [3.63, 3.8) is 0 Å². The second-order valence-electron chi connectivity index (χ2n) is 3.41. The fraction of sp³-hybridized carbons (Fsp3) is 1.00. The van der Waals surface area contributed by atoms with Gasteiger partial charge in [0.05, 0.1) is 0 Å². The van der Waals surface area contributed by atoms with Crippen molar-refractivity contribution in [3.05, 3.63) is 0 Å². The van der Waals surface area contributed by atoms with Gasteiger partial charge < -0.3 is 0 Å². The molecule has 0 aromatic rings. The van der Waals surface area contributed by atoms with E-state index in [0.717, 1.165) is 5.92 Å². The smallest absolute Gasteiger partial charge is 0.00313 e. The summed E-state index contributed by atoms with van der Waals surface area (Å²) in [5.74, 6) is 0.943. The highest BCUT2D eigenvalue weighted by Gasteiger charge is 1.97. The van der Waals surface area contributed by atoms with Gasteiger partial charge in [0.15, 0.2) is 0 Å². The van der Waals surface area contributed by atoms with E-state index < -0.39 is 0 Å². The number of unbranched alkanes of at least 4 members (excludes halogenated alkanes) is 3. The van der Waals surface area contributed by atoms with Crippen LogP contribution >= 0.6 is 15.9 Å². The van der Waals surface area contributed by atoms with Crippen molar-refractivity contribution in [3.8, 4) is 0 Å². The largest absolute Gasteiger partial charge is 0.0928 e. The summed E-state index contributed by atoms with van der Waals surface area (Å²) in [6.07, 6.45) is 8.39. The Balaban J connectivity index is 2.89. The molecule has 0 N–H and O–H groups in total. The summed E-state index contributed by atoms with van der Waals surface area (Å²) in [6.45, 7) is 4.63. The molecule has 0 amide bonds. The third kappa shape index (κ3) is 8.39. The molecule has 0 aromatic heterocycles. The van der Waals surface area contributed by atoms with Crippen molar-refractivity contribution in [1.82, 2.24) is 0 Å². The van der Waals surface area contributed by atoms with Crippen LogP contribution in [0.4, 0.5) is 0 Å². The molecule has 0 aliphatic rings. The van der Waals surface area contributed by atoms with Gasteiger partial charge in [-0.05, 0) is 12.3 Å². The van der Waals surface area contributed by atoms with Crippen LogP contribution in [-0.4, -0.2) is 5.33 Å². The number of rotatable bonds is 7. The first-order chi connectivity index (χ1) is 5.31. The zero-order chi connectivity index (χ0) is 8.53. The fourth-order valence-electron chi connectivity index (χ4n) is 1.14. The maximum atomic E-state index is 3.44. The van der Waals surface area contributed by atoms with Crippen LogP contribution in [-0.2, 0) is 0 Å². The van der Waals surface area contributed by atoms with Crippen molar-refractivity contribution in [2.75, 3.05) is 5.33 Å². The summed E-state index contributed by atoms with van der Waals surface area (Å²) in [7, 11) is 0. The molecule has 1 heteroatoms. The lowest BCUT2D eigenvalue weighted by Gasteiger charge is -2.06. The number of hydrogen-bond acceptors (Lipinski definition) is 0. The van der Waals surface area contributed by atoms with Crippen LogP contribution in [0.15, 0.2) is 0 Å². The molecule has 0 aliphatic heterocycles. The molecule has 1 atom stereocenters. The summed E-state index contributed by atoms with van der Waals surface area (Å²) in [5.41, 5.74) is 0. The Labute approximate surface area is 79.9 Å². The van der Waals surface area contributed by atoms with Gasteiger partial charge in [0, 0.05) is 5.33 Å². The van der Waals surface area contributed by atoms with Gasteiger partial charge in [-0.1, -0.05) is 61.9 Å². The molecule has 11 heavy (non-hydrogen) atoms. The van der Waals surface area contributed by atoms with E-state index in [2.05, 4.69) is 29.8 Å². The molecule has 0 radical (unpaired) electrons. The van der Waals surface area contributed by atoms with E-state index in [-0.39, 0.29) is 0 Å². The highest BCUT2D eigenvalue weighted by molar-refractivity contribution is 9.09. The molecular weight excluding hydrogens is 200 g/mol.